The second kappa shape index (κ2) is 7.35. The van der Waals surface area contributed by atoms with Gasteiger partial charge in [0.15, 0.2) is 0 Å². The summed E-state index contributed by atoms with van der Waals surface area (Å²) >= 11 is 0. The molecule has 2 aromatic carbocycles. The van der Waals surface area contributed by atoms with Crippen molar-refractivity contribution in [1.29, 1.82) is 0 Å². The van der Waals surface area contributed by atoms with Crippen molar-refractivity contribution in [2.75, 3.05) is 6.54 Å². The number of benzene rings is 2. The fourth-order valence-electron chi connectivity index (χ4n) is 2.71. The zero-order chi connectivity index (χ0) is 18.6. The number of nitrogens with zero attached hydrogens (tertiary/aromatic N) is 1. The molecule has 0 aliphatic rings. The third kappa shape index (κ3) is 4.06. The molecule has 1 amide bonds. The zero-order valence-corrected chi connectivity index (χ0v) is 14.8. The fraction of sp³-hybridized carbons (Fsp3) is 0.190. The van der Waals surface area contributed by atoms with Crippen molar-refractivity contribution in [2.24, 2.45) is 0 Å². The molecule has 3 aromatic rings. The Hall–Kier alpha value is -3.21. The van der Waals surface area contributed by atoms with Gasteiger partial charge in [-0.05, 0) is 22.8 Å². The molecule has 132 valence electrons. The van der Waals surface area contributed by atoms with Crippen LogP contribution >= 0.6 is 0 Å². The van der Waals surface area contributed by atoms with Crippen LogP contribution in [0.1, 0.15) is 29.9 Å². The summed E-state index contributed by atoms with van der Waals surface area (Å²) in [5.41, 5.74) is 3.08. The van der Waals surface area contributed by atoms with E-state index in [1.807, 2.05) is 18.2 Å². The largest absolute Gasteiger partial charge is 0.350 e. The van der Waals surface area contributed by atoms with Gasteiger partial charge in [-0.1, -0.05) is 68.4 Å². The van der Waals surface area contributed by atoms with Gasteiger partial charge in [0.25, 0.3) is 11.5 Å². The zero-order valence-electron chi connectivity index (χ0n) is 14.8. The number of hydrogen-bond acceptors (Lipinski definition) is 3. The van der Waals surface area contributed by atoms with Gasteiger partial charge in [0, 0.05) is 18.0 Å². The van der Waals surface area contributed by atoms with Crippen LogP contribution in [0.4, 0.5) is 0 Å². The number of rotatable bonds is 5. The van der Waals surface area contributed by atoms with Crippen molar-refractivity contribution < 1.29 is 4.79 Å². The molecular formula is C21H21N3O2. The van der Waals surface area contributed by atoms with Gasteiger partial charge in [0.1, 0.15) is 5.69 Å². The van der Waals surface area contributed by atoms with Gasteiger partial charge in [-0.2, -0.15) is 5.10 Å². The molecule has 1 heterocycles. The van der Waals surface area contributed by atoms with Crippen LogP contribution in [-0.2, 0) is 5.41 Å². The Bertz CT molecular complexity index is 925. The second-order valence-electron chi connectivity index (χ2n) is 6.82. The lowest BCUT2D eigenvalue weighted by molar-refractivity contribution is 0.0939. The molecule has 0 saturated heterocycles. The van der Waals surface area contributed by atoms with E-state index in [0.717, 1.165) is 11.1 Å². The van der Waals surface area contributed by atoms with Crippen LogP contribution in [0.3, 0.4) is 0 Å². The van der Waals surface area contributed by atoms with Crippen LogP contribution in [0.15, 0.2) is 71.5 Å². The molecule has 3 rings (SSSR count). The number of nitrogens with one attached hydrogen (secondary N) is 2. The lowest BCUT2D eigenvalue weighted by atomic mass is 9.84. The van der Waals surface area contributed by atoms with Crippen molar-refractivity contribution in [2.45, 2.75) is 19.3 Å². The minimum absolute atomic E-state index is 0.194. The molecule has 0 atom stereocenters. The van der Waals surface area contributed by atoms with Crippen LogP contribution in [-0.4, -0.2) is 22.6 Å². The monoisotopic (exact) mass is 347 g/mol. The maximum Gasteiger partial charge on any atom is 0.271 e. The topological polar surface area (TPSA) is 74.8 Å². The molecule has 0 unspecified atom stereocenters. The first kappa shape index (κ1) is 17.6. The molecule has 0 spiro atoms. The molecule has 0 aliphatic carbocycles. The van der Waals surface area contributed by atoms with Gasteiger partial charge in [-0.15, -0.1) is 0 Å². The van der Waals surface area contributed by atoms with Crippen LogP contribution in [0, 0.1) is 0 Å². The Labute approximate surface area is 152 Å². The number of amides is 1. The normalized spacial score (nSPS) is 11.2. The molecule has 0 bridgehead atoms. The number of H-pyrrole nitrogens is 1. The average Bonchev–Trinajstić information content (AvgIpc) is 2.67. The summed E-state index contributed by atoms with van der Waals surface area (Å²) in [6, 6.07) is 21.3. The summed E-state index contributed by atoms with van der Waals surface area (Å²) in [4.78, 5) is 23.2. The van der Waals surface area contributed by atoms with Gasteiger partial charge >= 0.3 is 0 Å². The van der Waals surface area contributed by atoms with Crippen molar-refractivity contribution in [3.8, 4) is 11.1 Å². The summed E-state index contributed by atoms with van der Waals surface area (Å²) in [6.45, 7) is 4.60. The predicted molar refractivity (Wildman–Crippen MR) is 102 cm³/mol. The number of aromatic nitrogens is 2. The van der Waals surface area contributed by atoms with E-state index in [0.29, 0.717) is 6.54 Å². The van der Waals surface area contributed by atoms with Crippen molar-refractivity contribution in [1.82, 2.24) is 15.5 Å². The summed E-state index contributed by atoms with van der Waals surface area (Å²) in [5.74, 6) is -0.310. The maximum atomic E-state index is 12.2. The fourth-order valence-corrected chi connectivity index (χ4v) is 2.71. The maximum absolute atomic E-state index is 12.2. The van der Waals surface area contributed by atoms with Gasteiger partial charge in [0.2, 0.25) is 0 Å². The molecule has 0 radical (unpaired) electrons. The lowest BCUT2D eigenvalue weighted by Crippen LogP contribution is -2.37. The minimum atomic E-state index is -0.333. The van der Waals surface area contributed by atoms with Crippen LogP contribution < -0.4 is 10.9 Å². The second-order valence-corrected chi connectivity index (χ2v) is 6.82. The summed E-state index contributed by atoms with van der Waals surface area (Å²) in [6.07, 6.45) is 0. The van der Waals surface area contributed by atoms with Gasteiger partial charge < -0.3 is 5.32 Å². The Kier molecular flexibility index (Phi) is 4.98. The Morgan fingerprint density at radius 1 is 0.962 bits per heavy atom. The first-order valence-corrected chi connectivity index (χ1v) is 8.46. The van der Waals surface area contributed by atoms with E-state index in [1.165, 1.54) is 17.7 Å². The Morgan fingerprint density at radius 2 is 1.62 bits per heavy atom. The number of hydrogen-bond donors (Lipinski definition) is 2. The standard InChI is InChI=1S/C21H21N3O2/c1-21(2,14-22-20(26)18-12-13-19(25)24-23-18)17-10-8-16(9-11-17)15-6-4-3-5-7-15/h3-13H,14H2,1-2H3,(H,22,26)(H,24,25). The van der Waals surface area contributed by atoms with E-state index in [4.69, 9.17) is 0 Å². The van der Waals surface area contributed by atoms with E-state index in [-0.39, 0.29) is 22.6 Å². The van der Waals surface area contributed by atoms with Crippen LogP contribution in [0.5, 0.6) is 0 Å². The molecule has 0 fully saturated rings. The van der Waals surface area contributed by atoms with Gasteiger partial charge in [0.05, 0.1) is 0 Å². The Balaban J connectivity index is 1.68. The predicted octanol–water partition coefficient (Wildman–Crippen LogP) is 3.14. The molecule has 0 aliphatic heterocycles. The lowest BCUT2D eigenvalue weighted by Gasteiger charge is -2.26. The summed E-state index contributed by atoms with van der Waals surface area (Å²) < 4.78 is 0. The van der Waals surface area contributed by atoms with E-state index >= 15 is 0 Å². The minimum Gasteiger partial charge on any atom is -0.350 e. The highest BCUT2D eigenvalue weighted by molar-refractivity contribution is 5.92. The third-order valence-corrected chi connectivity index (χ3v) is 4.38. The molecule has 0 saturated carbocycles. The van der Waals surface area contributed by atoms with Crippen molar-refractivity contribution in [3.05, 3.63) is 88.3 Å². The average molecular weight is 347 g/mol. The molecule has 2 N–H and O–H groups in total. The smallest absolute Gasteiger partial charge is 0.271 e. The van der Waals surface area contributed by atoms with Crippen LogP contribution in [0.2, 0.25) is 0 Å². The first-order valence-electron chi connectivity index (χ1n) is 8.46. The van der Waals surface area contributed by atoms with Crippen molar-refractivity contribution in [3.63, 3.8) is 0 Å². The SMILES string of the molecule is CC(C)(CNC(=O)c1ccc(=O)[nH]n1)c1ccc(-c2ccccc2)cc1. The molecular weight excluding hydrogens is 326 g/mol. The third-order valence-electron chi connectivity index (χ3n) is 4.38. The van der Waals surface area contributed by atoms with E-state index in [9.17, 15) is 9.59 Å². The van der Waals surface area contributed by atoms with E-state index < -0.39 is 0 Å². The summed E-state index contributed by atoms with van der Waals surface area (Å²) in [5, 5.41) is 8.89. The number of carbonyl (C=O) groups excluding carboxylic acids is 1. The Morgan fingerprint density at radius 3 is 2.23 bits per heavy atom. The van der Waals surface area contributed by atoms with Crippen LogP contribution in [0.25, 0.3) is 11.1 Å². The highest BCUT2D eigenvalue weighted by Gasteiger charge is 2.22. The quantitative estimate of drug-likeness (QED) is 0.744. The summed E-state index contributed by atoms with van der Waals surface area (Å²) in [7, 11) is 0. The highest BCUT2D eigenvalue weighted by atomic mass is 16.2. The number of carbonyl (C=O) groups is 1. The molecule has 1 aromatic heterocycles. The van der Waals surface area contributed by atoms with E-state index in [2.05, 4.69) is 65.8 Å². The first-order chi connectivity index (χ1) is 12.5. The van der Waals surface area contributed by atoms with Gasteiger partial charge in [-0.25, -0.2) is 5.10 Å². The molecule has 26 heavy (non-hydrogen) atoms. The highest BCUT2D eigenvalue weighted by Crippen LogP contribution is 2.26. The molecule has 5 heteroatoms. The van der Waals surface area contributed by atoms with E-state index in [1.54, 1.807) is 0 Å². The van der Waals surface area contributed by atoms with Gasteiger partial charge in [-0.3, -0.25) is 9.59 Å². The molecule has 5 nitrogen and oxygen atoms in total. The number of aromatic amines is 1. The van der Waals surface area contributed by atoms with Crippen molar-refractivity contribution >= 4 is 5.91 Å².